The van der Waals surface area contributed by atoms with Crippen LogP contribution in [-0.2, 0) is 11.2 Å². The Labute approximate surface area is 150 Å². The summed E-state index contributed by atoms with van der Waals surface area (Å²) >= 11 is 0. The van der Waals surface area contributed by atoms with Crippen molar-refractivity contribution < 1.29 is 14.3 Å². The van der Waals surface area contributed by atoms with E-state index < -0.39 is 0 Å². The maximum atomic E-state index is 12.6. The fourth-order valence-electron chi connectivity index (χ4n) is 4.09. The molecular weight excluding hydrogens is 316 g/mol. The molecule has 1 amide bonds. The summed E-state index contributed by atoms with van der Waals surface area (Å²) in [5.41, 5.74) is 1.49. The van der Waals surface area contributed by atoms with Crippen molar-refractivity contribution in [1.82, 2.24) is 9.80 Å². The lowest BCUT2D eigenvalue weighted by molar-refractivity contribution is -0.130. The fourth-order valence-corrected chi connectivity index (χ4v) is 4.09. The van der Waals surface area contributed by atoms with Gasteiger partial charge in [0, 0.05) is 19.5 Å². The molecule has 138 valence electrons. The smallest absolute Gasteiger partial charge is 0.222 e. The van der Waals surface area contributed by atoms with Gasteiger partial charge in [-0.3, -0.25) is 4.79 Å². The van der Waals surface area contributed by atoms with E-state index in [0.29, 0.717) is 11.8 Å². The Morgan fingerprint density at radius 2 is 1.76 bits per heavy atom. The third-order valence-electron chi connectivity index (χ3n) is 5.91. The van der Waals surface area contributed by atoms with E-state index in [4.69, 9.17) is 9.47 Å². The van der Waals surface area contributed by atoms with Crippen LogP contribution >= 0.6 is 0 Å². The van der Waals surface area contributed by atoms with Crippen molar-refractivity contribution >= 4 is 5.91 Å². The van der Waals surface area contributed by atoms with Gasteiger partial charge < -0.3 is 19.3 Å². The van der Waals surface area contributed by atoms with Crippen LogP contribution in [0.4, 0.5) is 0 Å². The van der Waals surface area contributed by atoms with Crippen LogP contribution in [0.3, 0.4) is 0 Å². The van der Waals surface area contributed by atoms with Gasteiger partial charge in [0.25, 0.3) is 0 Å². The van der Waals surface area contributed by atoms with Crippen molar-refractivity contribution in [3.63, 3.8) is 0 Å². The number of rotatable bonds is 5. The summed E-state index contributed by atoms with van der Waals surface area (Å²) in [5, 5.41) is 0. The Morgan fingerprint density at radius 3 is 2.44 bits per heavy atom. The summed E-state index contributed by atoms with van der Waals surface area (Å²) in [7, 11) is 5.46. The monoisotopic (exact) mass is 346 g/mol. The molecule has 0 aromatic heterocycles. The highest BCUT2D eigenvalue weighted by Crippen LogP contribution is 2.40. The Bertz CT molecular complexity index is 609. The first-order valence-corrected chi connectivity index (χ1v) is 9.22. The molecule has 3 rings (SSSR count). The lowest BCUT2D eigenvalue weighted by Gasteiger charge is -2.37. The first-order valence-electron chi connectivity index (χ1n) is 9.22. The number of aryl methyl sites for hydroxylation is 1. The van der Waals surface area contributed by atoms with Crippen LogP contribution in [0.25, 0.3) is 0 Å². The zero-order valence-electron chi connectivity index (χ0n) is 15.7. The van der Waals surface area contributed by atoms with Crippen LogP contribution in [0, 0.1) is 5.41 Å². The summed E-state index contributed by atoms with van der Waals surface area (Å²) in [4.78, 5) is 17.1. The molecule has 2 fully saturated rings. The van der Waals surface area contributed by atoms with Crippen molar-refractivity contribution in [2.24, 2.45) is 5.41 Å². The molecule has 0 N–H and O–H groups in total. The molecule has 2 aliphatic heterocycles. The highest BCUT2D eigenvalue weighted by molar-refractivity contribution is 5.77. The van der Waals surface area contributed by atoms with Crippen LogP contribution in [0.15, 0.2) is 18.2 Å². The number of methoxy groups -OCH3 is 2. The highest BCUT2D eigenvalue weighted by atomic mass is 16.5. The normalized spacial score (nSPS) is 20.0. The van der Waals surface area contributed by atoms with E-state index in [1.54, 1.807) is 14.2 Å². The second-order valence-corrected chi connectivity index (χ2v) is 7.56. The summed E-state index contributed by atoms with van der Waals surface area (Å²) in [6.45, 7) is 4.20. The van der Waals surface area contributed by atoms with Crippen LogP contribution in [-0.4, -0.2) is 63.2 Å². The largest absolute Gasteiger partial charge is 0.493 e. The van der Waals surface area contributed by atoms with Gasteiger partial charge in [0.2, 0.25) is 5.91 Å². The average molecular weight is 346 g/mol. The van der Waals surface area contributed by atoms with E-state index in [1.165, 1.54) is 19.3 Å². The Morgan fingerprint density at radius 1 is 1.08 bits per heavy atom. The number of carbonyl (C=O) groups excluding carboxylic acids is 1. The van der Waals surface area contributed by atoms with E-state index in [9.17, 15) is 4.79 Å². The van der Waals surface area contributed by atoms with Gasteiger partial charge in [-0.25, -0.2) is 0 Å². The number of piperidine rings is 1. The molecule has 5 heteroatoms. The predicted molar refractivity (Wildman–Crippen MR) is 98.2 cm³/mol. The topological polar surface area (TPSA) is 42.0 Å². The Hall–Kier alpha value is -1.75. The summed E-state index contributed by atoms with van der Waals surface area (Å²) < 4.78 is 10.6. The molecule has 2 aliphatic rings. The number of hydrogen-bond acceptors (Lipinski definition) is 4. The van der Waals surface area contributed by atoms with Crippen molar-refractivity contribution in [3.05, 3.63) is 23.8 Å². The van der Waals surface area contributed by atoms with Crippen molar-refractivity contribution in [3.8, 4) is 11.5 Å². The van der Waals surface area contributed by atoms with E-state index in [2.05, 4.69) is 16.8 Å². The van der Waals surface area contributed by atoms with Gasteiger partial charge in [0.15, 0.2) is 11.5 Å². The molecule has 5 nitrogen and oxygen atoms in total. The number of benzene rings is 1. The average Bonchev–Trinajstić information content (AvgIpc) is 3.06. The molecule has 25 heavy (non-hydrogen) atoms. The number of carbonyl (C=O) groups is 1. The van der Waals surface area contributed by atoms with Gasteiger partial charge in [0.1, 0.15) is 0 Å². The van der Waals surface area contributed by atoms with E-state index >= 15 is 0 Å². The second-order valence-electron chi connectivity index (χ2n) is 7.56. The molecule has 1 aromatic carbocycles. The molecule has 0 bridgehead atoms. The quantitative estimate of drug-likeness (QED) is 0.822. The second kappa shape index (κ2) is 7.65. The minimum absolute atomic E-state index is 0.283. The lowest BCUT2D eigenvalue weighted by atomic mass is 9.78. The minimum Gasteiger partial charge on any atom is -0.493 e. The van der Waals surface area contributed by atoms with E-state index in [0.717, 1.165) is 49.7 Å². The predicted octanol–water partition coefficient (Wildman–Crippen LogP) is 2.58. The van der Waals surface area contributed by atoms with Gasteiger partial charge in [-0.2, -0.15) is 0 Å². The SMILES string of the molecule is COc1ccc(CCC(=O)N2CCC3(CCN(C)CC3)C2)cc1OC. The van der Waals surface area contributed by atoms with Crippen LogP contribution in [0.5, 0.6) is 11.5 Å². The number of amides is 1. The van der Waals surface area contributed by atoms with Crippen LogP contribution < -0.4 is 9.47 Å². The number of nitrogens with zero attached hydrogens (tertiary/aromatic N) is 2. The van der Waals surface area contributed by atoms with Crippen molar-refractivity contribution in [2.75, 3.05) is 47.4 Å². The molecule has 0 radical (unpaired) electrons. The van der Waals surface area contributed by atoms with E-state index in [1.807, 2.05) is 18.2 Å². The zero-order valence-corrected chi connectivity index (χ0v) is 15.7. The molecule has 1 aromatic rings. The van der Waals surface area contributed by atoms with Gasteiger partial charge >= 0.3 is 0 Å². The van der Waals surface area contributed by atoms with Crippen molar-refractivity contribution in [1.29, 1.82) is 0 Å². The van der Waals surface area contributed by atoms with Gasteiger partial charge in [0.05, 0.1) is 14.2 Å². The number of hydrogen-bond donors (Lipinski definition) is 0. The fraction of sp³-hybridized carbons (Fsp3) is 0.650. The van der Waals surface area contributed by atoms with Crippen molar-refractivity contribution in [2.45, 2.75) is 32.1 Å². The highest BCUT2D eigenvalue weighted by Gasteiger charge is 2.41. The molecule has 0 aliphatic carbocycles. The molecule has 0 atom stereocenters. The maximum absolute atomic E-state index is 12.6. The summed E-state index contributed by atoms with van der Waals surface area (Å²) in [5.74, 6) is 1.73. The Kier molecular flexibility index (Phi) is 5.52. The number of ether oxygens (including phenoxy) is 2. The third-order valence-corrected chi connectivity index (χ3v) is 5.91. The van der Waals surface area contributed by atoms with E-state index in [-0.39, 0.29) is 5.91 Å². The molecule has 2 heterocycles. The zero-order chi connectivity index (χ0) is 17.9. The van der Waals surface area contributed by atoms with Crippen LogP contribution in [0.1, 0.15) is 31.2 Å². The molecule has 0 unspecified atom stereocenters. The third kappa shape index (κ3) is 4.09. The molecule has 2 saturated heterocycles. The molecular formula is C20H30N2O3. The number of likely N-dealkylation sites (tertiary alicyclic amines) is 2. The molecule has 0 saturated carbocycles. The van der Waals surface area contributed by atoms with Gasteiger partial charge in [-0.1, -0.05) is 6.07 Å². The van der Waals surface area contributed by atoms with Crippen LogP contribution in [0.2, 0.25) is 0 Å². The van der Waals surface area contributed by atoms with Gasteiger partial charge in [-0.05, 0) is 68.9 Å². The molecule has 1 spiro atoms. The standard InChI is InChI=1S/C20H30N2O3/c1-21-11-8-20(9-12-21)10-13-22(15-20)19(23)7-5-16-4-6-17(24-2)18(14-16)25-3/h4,6,14H,5,7-13,15H2,1-3H3. The minimum atomic E-state index is 0.283. The van der Waals surface area contributed by atoms with Gasteiger partial charge in [-0.15, -0.1) is 0 Å². The summed E-state index contributed by atoms with van der Waals surface area (Å²) in [6.07, 6.45) is 4.92. The lowest BCUT2D eigenvalue weighted by Crippen LogP contribution is -2.40. The Balaban J connectivity index is 1.53. The summed E-state index contributed by atoms with van der Waals surface area (Å²) in [6, 6.07) is 5.88. The first kappa shape index (κ1) is 18.1. The maximum Gasteiger partial charge on any atom is 0.222 e. The first-order chi connectivity index (χ1) is 12.0.